The number of carbonyl (C=O) groups excluding carboxylic acids is 1. The zero-order chi connectivity index (χ0) is 18.7. The van der Waals surface area contributed by atoms with Gasteiger partial charge in [-0.1, -0.05) is 47.1 Å². The average molecular weight is 411 g/mol. The molecule has 6 nitrogen and oxygen atoms in total. The first-order chi connectivity index (χ1) is 12.5. The number of thioether (sulfide) groups is 1. The monoisotopic (exact) mass is 410 g/mol. The van der Waals surface area contributed by atoms with Crippen LogP contribution in [0.2, 0.25) is 10.0 Å². The maximum Gasteiger partial charge on any atom is 0.233 e. The summed E-state index contributed by atoms with van der Waals surface area (Å²) in [5.74, 6) is 0.677. The molecule has 0 bridgehead atoms. The summed E-state index contributed by atoms with van der Waals surface area (Å²) in [6, 6.07) is 9.14. The third-order valence-electron chi connectivity index (χ3n) is 3.67. The molecule has 9 heteroatoms. The van der Waals surface area contributed by atoms with Crippen LogP contribution in [0.25, 0.3) is 5.65 Å². The van der Waals surface area contributed by atoms with E-state index in [2.05, 4.69) is 15.5 Å². The van der Waals surface area contributed by atoms with E-state index in [1.807, 2.05) is 24.3 Å². The first-order valence-corrected chi connectivity index (χ1v) is 9.38. The maximum atomic E-state index is 12.4. The zero-order valence-electron chi connectivity index (χ0n) is 14.1. The van der Waals surface area contributed by atoms with Gasteiger partial charge in [0.1, 0.15) is 5.75 Å². The molecule has 26 heavy (non-hydrogen) atoms. The largest absolute Gasteiger partial charge is 0.497 e. The minimum atomic E-state index is -0.363. The van der Waals surface area contributed by atoms with Crippen molar-refractivity contribution in [2.45, 2.75) is 23.9 Å². The minimum absolute atomic E-state index is 0.101. The Morgan fingerprint density at radius 2 is 2.04 bits per heavy atom. The summed E-state index contributed by atoms with van der Waals surface area (Å²) in [6.07, 6.45) is 1.67. The number of carbonyl (C=O) groups is 1. The number of hydrogen-bond acceptors (Lipinski definition) is 5. The van der Waals surface area contributed by atoms with Crippen LogP contribution in [0.15, 0.2) is 41.7 Å². The fraction of sp³-hybridized carbons (Fsp3) is 0.235. The fourth-order valence-corrected chi connectivity index (χ4v) is 3.63. The third-order valence-corrected chi connectivity index (χ3v) is 5.21. The van der Waals surface area contributed by atoms with Crippen LogP contribution >= 0.6 is 35.0 Å². The molecule has 0 aliphatic carbocycles. The minimum Gasteiger partial charge on any atom is -0.497 e. The molecule has 1 N–H and O–H groups in total. The van der Waals surface area contributed by atoms with Crippen molar-refractivity contribution >= 4 is 46.5 Å². The Morgan fingerprint density at radius 3 is 2.73 bits per heavy atom. The summed E-state index contributed by atoms with van der Waals surface area (Å²) in [6.45, 7) is 2.24. The van der Waals surface area contributed by atoms with E-state index in [-0.39, 0.29) is 11.2 Å². The number of aromatic nitrogens is 3. The van der Waals surface area contributed by atoms with Gasteiger partial charge in [-0.2, -0.15) is 0 Å². The van der Waals surface area contributed by atoms with Gasteiger partial charge in [0.2, 0.25) is 5.91 Å². The number of rotatable bonds is 6. The van der Waals surface area contributed by atoms with Crippen LogP contribution in [-0.2, 0) is 11.3 Å². The van der Waals surface area contributed by atoms with Crippen molar-refractivity contribution < 1.29 is 9.53 Å². The van der Waals surface area contributed by atoms with Crippen molar-refractivity contribution in [2.24, 2.45) is 0 Å². The van der Waals surface area contributed by atoms with Gasteiger partial charge in [-0.05, 0) is 30.7 Å². The molecule has 0 aliphatic rings. The first-order valence-electron chi connectivity index (χ1n) is 7.75. The van der Waals surface area contributed by atoms with Crippen molar-refractivity contribution in [3.63, 3.8) is 0 Å². The second kappa shape index (κ2) is 8.16. The highest BCUT2D eigenvalue weighted by Crippen LogP contribution is 2.27. The number of methoxy groups -OCH3 is 1. The van der Waals surface area contributed by atoms with Gasteiger partial charge < -0.3 is 10.1 Å². The van der Waals surface area contributed by atoms with E-state index in [1.54, 1.807) is 30.7 Å². The molecule has 2 aromatic heterocycles. The van der Waals surface area contributed by atoms with E-state index in [1.165, 1.54) is 11.8 Å². The molecule has 1 amide bonds. The molecule has 0 aliphatic heterocycles. The van der Waals surface area contributed by atoms with Gasteiger partial charge in [-0.25, -0.2) is 0 Å². The van der Waals surface area contributed by atoms with Crippen molar-refractivity contribution in [3.05, 3.63) is 52.1 Å². The Morgan fingerprint density at radius 1 is 1.31 bits per heavy atom. The van der Waals surface area contributed by atoms with Crippen LogP contribution in [0.1, 0.15) is 12.5 Å². The average Bonchev–Trinajstić information content (AvgIpc) is 3.03. The van der Waals surface area contributed by atoms with Crippen molar-refractivity contribution in [1.29, 1.82) is 0 Å². The number of pyridine rings is 1. The summed E-state index contributed by atoms with van der Waals surface area (Å²) in [5.41, 5.74) is 1.49. The molecule has 0 saturated carbocycles. The molecule has 136 valence electrons. The van der Waals surface area contributed by atoms with E-state index in [4.69, 9.17) is 27.9 Å². The molecule has 0 saturated heterocycles. The lowest BCUT2D eigenvalue weighted by Gasteiger charge is -2.11. The van der Waals surface area contributed by atoms with E-state index in [0.29, 0.717) is 27.4 Å². The van der Waals surface area contributed by atoms with Crippen molar-refractivity contribution in [2.75, 3.05) is 7.11 Å². The van der Waals surface area contributed by atoms with Crippen LogP contribution in [-0.4, -0.2) is 32.9 Å². The van der Waals surface area contributed by atoms with Crippen LogP contribution < -0.4 is 10.1 Å². The van der Waals surface area contributed by atoms with Crippen molar-refractivity contribution in [3.8, 4) is 5.75 Å². The zero-order valence-corrected chi connectivity index (χ0v) is 16.4. The van der Waals surface area contributed by atoms with Crippen LogP contribution in [0.4, 0.5) is 0 Å². The molecule has 2 heterocycles. The Bertz CT molecular complexity index is 930. The highest BCUT2D eigenvalue weighted by molar-refractivity contribution is 8.00. The van der Waals surface area contributed by atoms with Crippen molar-refractivity contribution in [1.82, 2.24) is 19.9 Å². The van der Waals surface area contributed by atoms with Gasteiger partial charge in [0.05, 0.1) is 22.4 Å². The van der Waals surface area contributed by atoms with Gasteiger partial charge in [-0.3, -0.25) is 9.20 Å². The lowest BCUT2D eigenvalue weighted by Crippen LogP contribution is -2.30. The van der Waals surface area contributed by atoms with E-state index in [0.717, 1.165) is 11.3 Å². The molecule has 0 radical (unpaired) electrons. The van der Waals surface area contributed by atoms with Gasteiger partial charge in [-0.15, -0.1) is 10.2 Å². The van der Waals surface area contributed by atoms with Crippen LogP contribution in [0.5, 0.6) is 5.75 Å². The van der Waals surface area contributed by atoms with Gasteiger partial charge >= 0.3 is 0 Å². The van der Waals surface area contributed by atoms with E-state index >= 15 is 0 Å². The lowest BCUT2D eigenvalue weighted by molar-refractivity contribution is -0.120. The number of ether oxygens (including phenoxy) is 1. The number of benzene rings is 1. The number of amides is 1. The number of fused-ring (bicyclic) bond motifs is 1. The molecule has 3 rings (SSSR count). The predicted molar refractivity (Wildman–Crippen MR) is 103 cm³/mol. The van der Waals surface area contributed by atoms with Crippen LogP contribution in [0, 0.1) is 0 Å². The second-order valence-electron chi connectivity index (χ2n) is 5.51. The summed E-state index contributed by atoms with van der Waals surface area (Å²) in [7, 11) is 1.62. The number of nitrogens with one attached hydrogen (secondary N) is 1. The predicted octanol–water partition coefficient (Wildman–Crippen LogP) is 3.84. The van der Waals surface area contributed by atoms with Crippen LogP contribution in [0.3, 0.4) is 0 Å². The van der Waals surface area contributed by atoms with Gasteiger partial charge in [0.25, 0.3) is 0 Å². The quantitative estimate of drug-likeness (QED) is 0.625. The number of halogens is 2. The summed E-state index contributed by atoms with van der Waals surface area (Å²) in [5, 5.41) is 12.1. The lowest BCUT2D eigenvalue weighted by atomic mass is 10.2. The summed E-state index contributed by atoms with van der Waals surface area (Å²) < 4.78 is 6.80. The molecule has 0 spiro atoms. The Kier molecular flexibility index (Phi) is 5.90. The molecular formula is C17H16Cl2N4O2S. The van der Waals surface area contributed by atoms with Gasteiger partial charge in [0, 0.05) is 12.7 Å². The molecule has 1 atom stereocenters. The standard InChI is InChI=1S/C17H16Cl2N4O2S/c1-10(16(24)20-8-11-3-5-13(25-2)6-4-11)26-17-22-21-15-14(19)7-12(18)9-23(15)17/h3-7,9-10H,8H2,1-2H3,(H,20,24)/t10-/m0/s1. The molecule has 0 fully saturated rings. The highest BCUT2D eigenvalue weighted by atomic mass is 35.5. The van der Waals surface area contributed by atoms with Gasteiger partial charge in [0.15, 0.2) is 10.8 Å². The third kappa shape index (κ3) is 4.23. The normalized spacial score (nSPS) is 12.2. The molecular weight excluding hydrogens is 395 g/mol. The molecule has 1 aromatic carbocycles. The SMILES string of the molecule is COc1ccc(CNC(=O)[C@H](C)Sc2nnc3c(Cl)cc(Cl)cn23)cc1. The highest BCUT2D eigenvalue weighted by Gasteiger charge is 2.18. The fourth-order valence-electron chi connectivity index (χ4n) is 2.27. The van der Waals surface area contributed by atoms with E-state index < -0.39 is 0 Å². The maximum absolute atomic E-state index is 12.4. The summed E-state index contributed by atoms with van der Waals surface area (Å²) >= 11 is 13.4. The summed E-state index contributed by atoms with van der Waals surface area (Å²) in [4.78, 5) is 12.4. The Balaban J connectivity index is 1.64. The molecule has 3 aromatic rings. The number of nitrogens with zero attached hydrogens (tertiary/aromatic N) is 3. The molecule has 0 unspecified atom stereocenters. The first kappa shape index (κ1) is 18.8. The second-order valence-corrected chi connectivity index (χ2v) is 7.66. The Hall–Kier alpha value is -1.96. The smallest absolute Gasteiger partial charge is 0.233 e. The Labute approximate surface area is 164 Å². The topological polar surface area (TPSA) is 68.5 Å². The van der Waals surface area contributed by atoms with E-state index in [9.17, 15) is 4.79 Å². The number of hydrogen-bond donors (Lipinski definition) is 1.